The van der Waals surface area contributed by atoms with E-state index in [-0.39, 0.29) is 0 Å². The van der Waals surface area contributed by atoms with Gasteiger partial charge in [-0.1, -0.05) is 12.1 Å². The monoisotopic (exact) mass is 265 g/mol. The molecule has 1 aliphatic carbocycles. The van der Waals surface area contributed by atoms with Crippen molar-refractivity contribution in [3.8, 4) is 5.75 Å². The second-order valence-electron chi connectivity index (χ2n) is 5.32. The van der Waals surface area contributed by atoms with Gasteiger partial charge in [-0.3, -0.25) is 0 Å². The third-order valence-corrected chi connectivity index (χ3v) is 3.71. The average Bonchev–Trinajstić information content (AvgIpc) is 3.20. The fourth-order valence-electron chi connectivity index (χ4n) is 2.67. The van der Waals surface area contributed by atoms with Crippen LogP contribution in [-0.4, -0.2) is 19.6 Å². The summed E-state index contributed by atoms with van der Waals surface area (Å²) in [6, 6.07) is 11.8. The lowest BCUT2D eigenvalue weighted by atomic mass is 10.1. The molecule has 20 heavy (non-hydrogen) atoms. The maximum absolute atomic E-state index is 9.58. The minimum absolute atomic E-state index is 0.301. The fraction of sp³-hybridized carbons (Fsp3) is 0.250. The van der Waals surface area contributed by atoms with Crippen molar-refractivity contribution in [1.29, 1.82) is 0 Å². The summed E-state index contributed by atoms with van der Waals surface area (Å²) in [5.41, 5.74) is 3.00. The van der Waals surface area contributed by atoms with Crippen LogP contribution in [0.3, 0.4) is 0 Å². The second kappa shape index (κ2) is 4.34. The first-order valence-corrected chi connectivity index (χ1v) is 6.91. The van der Waals surface area contributed by atoms with Gasteiger partial charge >= 0.3 is 0 Å². The minimum Gasteiger partial charge on any atom is -0.508 e. The summed E-state index contributed by atoms with van der Waals surface area (Å²) in [6.45, 7) is 0. The summed E-state index contributed by atoms with van der Waals surface area (Å²) < 4.78 is 2.26. The summed E-state index contributed by atoms with van der Waals surface area (Å²) in [4.78, 5) is 9.19. The van der Waals surface area contributed by atoms with Gasteiger partial charge in [0.2, 0.25) is 0 Å². The average molecular weight is 265 g/mol. The standard InChI is InChI=1S/C16H15N3O/c20-13-4-1-3-11(9-13)10-15-18-14-5-2-8-17-16(14)19(15)12-6-7-12/h1-5,8-9,12,20H,6-7,10H2. The van der Waals surface area contributed by atoms with E-state index in [0.29, 0.717) is 11.8 Å². The van der Waals surface area contributed by atoms with Crippen LogP contribution >= 0.6 is 0 Å². The van der Waals surface area contributed by atoms with Gasteiger partial charge in [0.15, 0.2) is 5.65 Å². The molecule has 4 heteroatoms. The highest BCUT2D eigenvalue weighted by molar-refractivity contribution is 5.71. The van der Waals surface area contributed by atoms with Crippen molar-refractivity contribution in [3.05, 3.63) is 54.0 Å². The second-order valence-corrected chi connectivity index (χ2v) is 5.32. The van der Waals surface area contributed by atoms with Crippen molar-refractivity contribution < 1.29 is 5.11 Å². The van der Waals surface area contributed by atoms with Crippen LogP contribution in [0, 0.1) is 0 Å². The number of pyridine rings is 1. The normalized spacial score (nSPS) is 14.8. The molecule has 0 atom stereocenters. The smallest absolute Gasteiger partial charge is 0.160 e. The van der Waals surface area contributed by atoms with Crippen LogP contribution in [0.2, 0.25) is 0 Å². The Kier molecular flexibility index (Phi) is 2.49. The van der Waals surface area contributed by atoms with Gasteiger partial charge in [0, 0.05) is 18.7 Å². The Hall–Kier alpha value is -2.36. The van der Waals surface area contributed by atoms with Gasteiger partial charge in [-0.15, -0.1) is 0 Å². The number of phenols is 1. The van der Waals surface area contributed by atoms with E-state index in [1.165, 1.54) is 12.8 Å². The summed E-state index contributed by atoms with van der Waals surface area (Å²) in [7, 11) is 0. The minimum atomic E-state index is 0.301. The zero-order valence-corrected chi connectivity index (χ0v) is 11.0. The fourth-order valence-corrected chi connectivity index (χ4v) is 2.67. The molecule has 1 saturated carbocycles. The van der Waals surface area contributed by atoms with Crippen LogP contribution < -0.4 is 0 Å². The van der Waals surface area contributed by atoms with Crippen molar-refractivity contribution in [1.82, 2.24) is 14.5 Å². The maximum Gasteiger partial charge on any atom is 0.160 e. The zero-order chi connectivity index (χ0) is 13.5. The summed E-state index contributed by atoms with van der Waals surface area (Å²) in [5, 5.41) is 9.58. The van der Waals surface area contributed by atoms with E-state index in [9.17, 15) is 5.11 Å². The van der Waals surface area contributed by atoms with Gasteiger partial charge in [0.05, 0.1) is 0 Å². The van der Waals surface area contributed by atoms with Crippen LogP contribution in [-0.2, 0) is 6.42 Å². The molecule has 3 aromatic rings. The first-order valence-electron chi connectivity index (χ1n) is 6.91. The summed E-state index contributed by atoms with van der Waals surface area (Å²) in [5.74, 6) is 1.33. The molecule has 0 amide bonds. The SMILES string of the molecule is Oc1cccc(Cc2nc3cccnc3n2C2CC2)c1. The largest absolute Gasteiger partial charge is 0.508 e. The number of hydrogen-bond acceptors (Lipinski definition) is 3. The number of benzene rings is 1. The first-order chi connectivity index (χ1) is 9.81. The van der Waals surface area contributed by atoms with Crippen molar-refractivity contribution in [2.75, 3.05) is 0 Å². The number of hydrogen-bond donors (Lipinski definition) is 1. The third-order valence-electron chi connectivity index (χ3n) is 3.71. The molecule has 0 radical (unpaired) electrons. The van der Waals surface area contributed by atoms with Gasteiger partial charge in [-0.2, -0.15) is 0 Å². The van der Waals surface area contributed by atoms with E-state index in [1.54, 1.807) is 12.1 Å². The predicted octanol–water partition coefficient (Wildman–Crippen LogP) is 3.06. The number of aromatic hydroxyl groups is 1. The molecule has 2 heterocycles. The van der Waals surface area contributed by atoms with Crippen LogP contribution in [0.25, 0.3) is 11.2 Å². The Bertz CT molecular complexity index is 774. The molecular weight excluding hydrogens is 250 g/mol. The molecule has 0 bridgehead atoms. The molecular formula is C16H15N3O. The van der Waals surface area contributed by atoms with Crippen LogP contribution in [0.4, 0.5) is 0 Å². The maximum atomic E-state index is 9.58. The third kappa shape index (κ3) is 1.93. The molecule has 1 aromatic carbocycles. The van der Waals surface area contributed by atoms with E-state index in [0.717, 1.165) is 29.0 Å². The molecule has 0 saturated heterocycles. The van der Waals surface area contributed by atoms with Crippen molar-refractivity contribution in [3.63, 3.8) is 0 Å². The molecule has 4 nitrogen and oxygen atoms in total. The molecule has 1 fully saturated rings. The van der Waals surface area contributed by atoms with E-state index < -0.39 is 0 Å². The van der Waals surface area contributed by atoms with Gasteiger partial charge in [0.1, 0.15) is 17.1 Å². The van der Waals surface area contributed by atoms with Crippen LogP contribution in [0.1, 0.15) is 30.3 Å². The zero-order valence-electron chi connectivity index (χ0n) is 11.0. The molecule has 0 aliphatic heterocycles. The van der Waals surface area contributed by atoms with Crippen molar-refractivity contribution in [2.24, 2.45) is 0 Å². The molecule has 1 N–H and O–H groups in total. The van der Waals surface area contributed by atoms with Gasteiger partial charge in [-0.25, -0.2) is 9.97 Å². The number of rotatable bonds is 3. The number of aromatic nitrogens is 3. The highest BCUT2D eigenvalue weighted by atomic mass is 16.3. The van der Waals surface area contributed by atoms with Gasteiger partial charge in [0.25, 0.3) is 0 Å². The number of fused-ring (bicyclic) bond motifs is 1. The molecule has 1 aliphatic rings. The van der Waals surface area contributed by atoms with Crippen LogP contribution in [0.15, 0.2) is 42.6 Å². The van der Waals surface area contributed by atoms with Gasteiger partial charge < -0.3 is 9.67 Å². The van der Waals surface area contributed by atoms with E-state index in [4.69, 9.17) is 4.98 Å². The van der Waals surface area contributed by atoms with E-state index in [2.05, 4.69) is 9.55 Å². The topological polar surface area (TPSA) is 50.9 Å². The lowest BCUT2D eigenvalue weighted by Crippen LogP contribution is -2.03. The Balaban J connectivity index is 1.81. The summed E-state index contributed by atoms with van der Waals surface area (Å²) in [6.07, 6.45) is 4.95. The lowest BCUT2D eigenvalue weighted by molar-refractivity contribution is 0.474. The Morgan fingerprint density at radius 3 is 2.90 bits per heavy atom. The molecule has 2 aromatic heterocycles. The molecule has 0 unspecified atom stereocenters. The Morgan fingerprint density at radius 2 is 2.10 bits per heavy atom. The first kappa shape index (κ1) is 11.5. The molecule has 100 valence electrons. The predicted molar refractivity (Wildman–Crippen MR) is 76.7 cm³/mol. The quantitative estimate of drug-likeness (QED) is 0.791. The number of imidazole rings is 1. The lowest BCUT2D eigenvalue weighted by Gasteiger charge is -2.07. The number of nitrogens with zero attached hydrogens (tertiary/aromatic N) is 3. The molecule has 4 rings (SSSR count). The van der Waals surface area contributed by atoms with E-state index in [1.807, 2.05) is 30.5 Å². The van der Waals surface area contributed by atoms with Crippen molar-refractivity contribution in [2.45, 2.75) is 25.3 Å². The molecule has 0 spiro atoms. The Labute approximate surface area is 116 Å². The van der Waals surface area contributed by atoms with E-state index >= 15 is 0 Å². The highest BCUT2D eigenvalue weighted by Crippen LogP contribution is 2.38. The highest BCUT2D eigenvalue weighted by Gasteiger charge is 2.28. The number of phenolic OH excluding ortho intramolecular Hbond substituents is 1. The van der Waals surface area contributed by atoms with Gasteiger partial charge in [-0.05, 0) is 42.7 Å². The van der Waals surface area contributed by atoms with Crippen molar-refractivity contribution >= 4 is 11.2 Å². The Morgan fingerprint density at radius 1 is 1.20 bits per heavy atom. The van der Waals surface area contributed by atoms with Crippen LogP contribution in [0.5, 0.6) is 5.75 Å². The summed E-state index contributed by atoms with van der Waals surface area (Å²) >= 11 is 0.